The lowest BCUT2D eigenvalue weighted by molar-refractivity contribution is -0.149. The number of amides is 1. The Morgan fingerprint density at radius 3 is 2.83 bits per heavy atom. The Balaban J connectivity index is 1.49. The molecule has 0 bridgehead atoms. The van der Waals surface area contributed by atoms with E-state index in [9.17, 15) is 14.0 Å². The van der Waals surface area contributed by atoms with Crippen molar-refractivity contribution in [3.63, 3.8) is 0 Å². The molecule has 2 aliphatic rings. The van der Waals surface area contributed by atoms with Crippen LogP contribution in [0, 0.1) is 11.7 Å². The molecule has 1 N–H and O–H groups in total. The number of hydrogen-bond acceptors (Lipinski definition) is 4. The number of rotatable bonds is 5. The van der Waals surface area contributed by atoms with E-state index in [1.54, 1.807) is 12.1 Å². The molecule has 1 heterocycles. The molecule has 1 spiro atoms. The van der Waals surface area contributed by atoms with E-state index in [1.165, 1.54) is 12.1 Å². The van der Waals surface area contributed by atoms with E-state index in [1.807, 2.05) is 0 Å². The highest BCUT2D eigenvalue weighted by molar-refractivity contribution is 5.87. The normalized spacial score (nSPS) is 22.1. The summed E-state index contributed by atoms with van der Waals surface area (Å²) < 4.78 is 24.2. The number of benzene rings is 1. The number of ether oxygens (including phenoxy) is 2. The van der Waals surface area contributed by atoms with E-state index in [4.69, 9.17) is 9.47 Å². The second kappa shape index (κ2) is 6.56. The summed E-state index contributed by atoms with van der Waals surface area (Å²) in [6, 6.07) is 6.12. The van der Waals surface area contributed by atoms with Crippen molar-refractivity contribution in [1.29, 1.82) is 0 Å². The molecule has 0 radical (unpaired) electrons. The van der Waals surface area contributed by atoms with Gasteiger partial charge in [-0.05, 0) is 37.8 Å². The number of carbonyl (C=O) groups excluding carboxylic acids is 2. The molecule has 1 aliphatic carbocycles. The van der Waals surface area contributed by atoms with Crippen LogP contribution in [-0.4, -0.2) is 30.6 Å². The lowest BCUT2D eigenvalue weighted by Gasteiger charge is -2.27. The maximum Gasteiger partial charge on any atom is 0.307 e. The van der Waals surface area contributed by atoms with Crippen LogP contribution in [0.4, 0.5) is 4.39 Å². The van der Waals surface area contributed by atoms with Gasteiger partial charge in [-0.1, -0.05) is 12.1 Å². The zero-order valence-corrected chi connectivity index (χ0v) is 12.8. The van der Waals surface area contributed by atoms with Crippen molar-refractivity contribution in [2.45, 2.75) is 37.7 Å². The minimum absolute atomic E-state index is 0.139. The summed E-state index contributed by atoms with van der Waals surface area (Å²) in [5.74, 6) is -1.18. The number of hydrogen-bond donors (Lipinski definition) is 1. The number of halogens is 1. The van der Waals surface area contributed by atoms with Gasteiger partial charge in [0.2, 0.25) is 5.91 Å². The maximum absolute atomic E-state index is 13.4. The minimum atomic E-state index is -0.604. The van der Waals surface area contributed by atoms with Gasteiger partial charge in [0.05, 0.1) is 18.9 Å². The third-order valence-electron chi connectivity index (χ3n) is 4.58. The van der Waals surface area contributed by atoms with Gasteiger partial charge >= 0.3 is 5.97 Å². The molecular formula is C17H20FNO4. The minimum Gasteiger partial charge on any atom is -0.489 e. The van der Waals surface area contributed by atoms with Crippen molar-refractivity contribution >= 4 is 11.9 Å². The van der Waals surface area contributed by atoms with Crippen LogP contribution in [0.2, 0.25) is 0 Å². The fourth-order valence-corrected chi connectivity index (χ4v) is 3.47. The van der Waals surface area contributed by atoms with Crippen LogP contribution >= 0.6 is 0 Å². The average Bonchev–Trinajstić information content (AvgIpc) is 3.12. The van der Waals surface area contributed by atoms with Gasteiger partial charge in [0, 0.05) is 0 Å². The van der Waals surface area contributed by atoms with E-state index >= 15 is 0 Å². The monoisotopic (exact) mass is 321 g/mol. The molecule has 0 aromatic heterocycles. The number of carbonyl (C=O) groups is 2. The van der Waals surface area contributed by atoms with Crippen LogP contribution in [0.25, 0.3) is 0 Å². The molecule has 23 heavy (non-hydrogen) atoms. The summed E-state index contributed by atoms with van der Waals surface area (Å²) in [6.07, 6.45) is 3.60. The van der Waals surface area contributed by atoms with Gasteiger partial charge in [0.25, 0.3) is 0 Å². The Morgan fingerprint density at radius 2 is 2.09 bits per heavy atom. The van der Waals surface area contributed by atoms with E-state index in [-0.39, 0.29) is 37.2 Å². The van der Waals surface area contributed by atoms with Crippen molar-refractivity contribution < 1.29 is 23.5 Å². The summed E-state index contributed by atoms with van der Waals surface area (Å²) in [7, 11) is 0. The van der Waals surface area contributed by atoms with Gasteiger partial charge in [0.15, 0.2) is 11.6 Å². The summed E-state index contributed by atoms with van der Waals surface area (Å²) in [5.41, 5.74) is -0.604. The fraction of sp³-hybridized carbons (Fsp3) is 0.529. The Hall–Kier alpha value is -2.11. The highest BCUT2D eigenvalue weighted by Gasteiger charge is 2.53. The molecule has 1 aromatic rings. The summed E-state index contributed by atoms with van der Waals surface area (Å²) >= 11 is 0. The quantitative estimate of drug-likeness (QED) is 0.667. The van der Waals surface area contributed by atoms with E-state index in [0.29, 0.717) is 0 Å². The summed E-state index contributed by atoms with van der Waals surface area (Å²) in [6.45, 7) is 0.426. The molecule has 6 heteroatoms. The summed E-state index contributed by atoms with van der Waals surface area (Å²) in [5, 5.41) is 2.77. The molecule has 124 valence electrons. The van der Waals surface area contributed by atoms with E-state index in [0.717, 1.165) is 25.7 Å². The predicted octanol–water partition coefficient (Wildman–Crippen LogP) is 2.20. The maximum atomic E-state index is 13.4. The molecule has 1 aromatic carbocycles. The lowest BCUT2D eigenvalue weighted by Crippen LogP contribution is -2.43. The smallest absolute Gasteiger partial charge is 0.307 e. The zero-order chi connectivity index (χ0) is 16.3. The first-order chi connectivity index (χ1) is 11.1. The second-order valence-corrected chi connectivity index (χ2v) is 6.07. The van der Waals surface area contributed by atoms with Crippen molar-refractivity contribution in [1.82, 2.24) is 5.32 Å². The molecule has 2 fully saturated rings. The van der Waals surface area contributed by atoms with Crippen LogP contribution in [0.1, 0.15) is 32.1 Å². The first-order valence-corrected chi connectivity index (χ1v) is 7.98. The molecule has 1 saturated heterocycles. The molecule has 1 amide bonds. The second-order valence-electron chi connectivity index (χ2n) is 6.07. The van der Waals surface area contributed by atoms with Crippen LogP contribution in [-0.2, 0) is 14.3 Å². The third-order valence-corrected chi connectivity index (χ3v) is 4.58. The topological polar surface area (TPSA) is 64.6 Å². The first-order valence-electron chi connectivity index (χ1n) is 7.98. The average molecular weight is 321 g/mol. The SMILES string of the molecule is O=C1C[C@@H](C(=O)NCCOc2ccccc2F)C2(CCCC2)O1. The van der Waals surface area contributed by atoms with Gasteiger partial charge in [-0.15, -0.1) is 0 Å². The first kappa shape index (κ1) is 15.8. The highest BCUT2D eigenvalue weighted by Crippen LogP contribution is 2.45. The predicted molar refractivity (Wildman–Crippen MR) is 80.3 cm³/mol. The molecule has 1 aliphatic heterocycles. The molecule has 1 atom stereocenters. The molecular weight excluding hydrogens is 301 g/mol. The van der Waals surface area contributed by atoms with Crippen molar-refractivity contribution in [3.05, 3.63) is 30.1 Å². The molecule has 3 rings (SSSR count). The number of para-hydroxylation sites is 1. The van der Waals surface area contributed by atoms with Gasteiger partial charge < -0.3 is 14.8 Å². The number of esters is 1. The van der Waals surface area contributed by atoms with Crippen LogP contribution < -0.4 is 10.1 Å². The standard InChI is InChI=1S/C17H20FNO4/c18-13-5-1-2-6-14(13)22-10-9-19-16(21)12-11-15(20)23-17(12)7-3-4-8-17/h1-2,5-6,12H,3-4,7-11H2,(H,19,21)/t12-/m0/s1. The van der Waals surface area contributed by atoms with Crippen molar-refractivity contribution in [2.75, 3.05) is 13.2 Å². The molecule has 0 unspecified atom stereocenters. The number of nitrogens with one attached hydrogen (secondary N) is 1. The van der Waals surface area contributed by atoms with Gasteiger partial charge in [-0.2, -0.15) is 0 Å². The Morgan fingerprint density at radius 1 is 1.35 bits per heavy atom. The lowest BCUT2D eigenvalue weighted by atomic mass is 9.85. The highest BCUT2D eigenvalue weighted by atomic mass is 19.1. The van der Waals surface area contributed by atoms with Crippen molar-refractivity contribution in [3.8, 4) is 5.75 Å². The molecule has 1 saturated carbocycles. The molecule has 5 nitrogen and oxygen atoms in total. The fourth-order valence-electron chi connectivity index (χ4n) is 3.47. The van der Waals surface area contributed by atoms with Gasteiger partial charge in [0.1, 0.15) is 12.2 Å². The van der Waals surface area contributed by atoms with Gasteiger partial charge in [-0.25, -0.2) is 4.39 Å². The Bertz CT molecular complexity index is 598. The summed E-state index contributed by atoms with van der Waals surface area (Å²) in [4.78, 5) is 24.0. The van der Waals surface area contributed by atoms with E-state index < -0.39 is 17.3 Å². The largest absolute Gasteiger partial charge is 0.489 e. The van der Waals surface area contributed by atoms with Crippen LogP contribution in [0.5, 0.6) is 5.75 Å². The Labute approximate surface area is 134 Å². The van der Waals surface area contributed by atoms with E-state index in [2.05, 4.69) is 5.32 Å². The van der Waals surface area contributed by atoms with Crippen LogP contribution in [0.3, 0.4) is 0 Å². The van der Waals surface area contributed by atoms with Crippen LogP contribution in [0.15, 0.2) is 24.3 Å². The van der Waals surface area contributed by atoms with Gasteiger partial charge in [-0.3, -0.25) is 9.59 Å². The zero-order valence-electron chi connectivity index (χ0n) is 12.8. The third kappa shape index (κ3) is 3.30. The van der Waals surface area contributed by atoms with Crippen molar-refractivity contribution in [2.24, 2.45) is 5.92 Å². The Kier molecular flexibility index (Phi) is 4.50.